The predicted molar refractivity (Wildman–Crippen MR) is 96.8 cm³/mol. The van der Waals surface area contributed by atoms with E-state index in [1.807, 2.05) is 6.07 Å². The van der Waals surface area contributed by atoms with Gasteiger partial charge in [0.2, 0.25) is 0 Å². The number of amides is 1. The van der Waals surface area contributed by atoms with Gasteiger partial charge in [0, 0.05) is 43.5 Å². The highest BCUT2D eigenvalue weighted by Crippen LogP contribution is 2.25. The van der Waals surface area contributed by atoms with Gasteiger partial charge in [-0.3, -0.25) is 9.69 Å². The molecule has 1 saturated carbocycles. The Morgan fingerprint density at radius 2 is 1.96 bits per heavy atom. The van der Waals surface area contributed by atoms with Crippen LogP contribution in [0.15, 0.2) is 18.3 Å². The second-order valence-electron chi connectivity index (χ2n) is 7.66. The van der Waals surface area contributed by atoms with E-state index in [0.717, 1.165) is 70.5 Å². The van der Waals surface area contributed by atoms with Crippen molar-refractivity contribution in [2.24, 2.45) is 0 Å². The van der Waals surface area contributed by atoms with Crippen molar-refractivity contribution in [3.05, 3.63) is 23.9 Å². The molecule has 2 N–H and O–H groups in total. The van der Waals surface area contributed by atoms with E-state index in [1.165, 1.54) is 0 Å². The minimum absolute atomic E-state index is 0.0170. The Morgan fingerprint density at radius 3 is 2.68 bits per heavy atom. The number of aromatic nitrogens is 1. The number of anilines is 1. The van der Waals surface area contributed by atoms with Gasteiger partial charge in [0.05, 0.1) is 6.10 Å². The Balaban J connectivity index is 1.34. The summed E-state index contributed by atoms with van der Waals surface area (Å²) in [5, 5.41) is 12.9. The summed E-state index contributed by atoms with van der Waals surface area (Å²) >= 11 is 0. The predicted octanol–water partition coefficient (Wildman–Crippen LogP) is 1.40. The van der Waals surface area contributed by atoms with Crippen molar-refractivity contribution in [1.82, 2.24) is 15.2 Å². The van der Waals surface area contributed by atoms with Gasteiger partial charge in [0.25, 0.3) is 5.91 Å². The zero-order valence-electron chi connectivity index (χ0n) is 14.7. The lowest BCUT2D eigenvalue weighted by molar-refractivity contribution is 0.0398. The zero-order chi connectivity index (χ0) is 17.2. The largest absolute Gasteiger partial charge is 0.392 e. The topological polar surface area (TPSA) is 68.7 Å². The average Bonchev–Trinajstić information content (AvgIpc) is 3.46. The number of pyridine rings is 1. The maximum atomic E-state index is 12.2. The number of β-amino-alcohol motifs (C(OH)–C–C–N with tert-alkyl or cyclic N) is 1. The van der Waals surface area contributed by atoms with E-state index in [2.05, 4.69) is 20.1 Å². The molecule has 1 aromatic heterocycles. The molecule has 3 heterocycles. The quantitative estimate of drug-likeness (QED) is 0.864. The SMILES string of the molecule is O=C(NC1CC1)c1ccnc(N2CCC(N3CCCC(O)C3)CC2)c1. The van der Waals surface area contributed by atoms with Gasteiger partial charge < -0.3 is 15.3 Å². The Bertz CT molecular complexity index is 611. The zero-order valence-corrected chi connectivity index (χ0v) is 14.7. The van der Waals surface area contributed by atoms with E-state index in [1.54, 1.807) is 12.3 Å². The fourth-order valence-corrected chi connectivity index (χ4v) is 4.00. The number of aliphatic hydroxyl groups is 1. The summed E-state index contributed by atoms with van der Waals surface area (Å²) < 4.78 is 0. The summed E-state index contributed by atoms with van der Waals surface area (Å²) in [5.41, 5.74) is 0.707. The third kappa shape index (κ3) is 4.12. The molecule has 1 unspecified atom stereocenters. The van der Waals surface area contributed by atoms with Crippen molar-refractivity contribution < 1.29 is 9.90 Å². The van der Waals surface area contributed by atoms with Crippen LogP contribution in [0.4, 0.5) is 5.82 Å². The molecule has 6 nitrogen and oxygen atoms in total. The summed E-state index contributed by atoms with van der Waals surface area (Å²) in [5.74, 6) is 0.920. The van der Waals surface area contributed by atoms with Gasteiger partial charge in [0.15, 0.2) is 0 Å². The number of aliphatic hydroxyl groups excluding tert-OH is 1. The van der Waals surface area contributed by atoms with E-state index < -0.39 is 0 Å². The molecule has 3 fully saturated rings. The highest BCUT2D eigenvalue weighted by atomic mass is 16.3. The Hall–Kier alpha value is -1.66. The van der Waals surface area contributed by atoms with Crippen LogP contribution in [0.5, 0.6) is 0 Å². The van der Waals surface area contributed by atoms with Crippen molar-refractivity contribution in [2.75, 3.05) is 31.1 Å². The average molecular weight is 344 g/mol. The Morgan fingerprint density at radius 1 is 1.16 bits per heavy atom. The Kier molecular flexibility index (Phi) is 4.90. The first-order valence-corrected chi connectivity index (χ1v) is 9.63. The molecular formula is C19H28N4O2. The van der Waals surface area contributed by atoms with E-state index in [-0.39, 0.29) is 12.0 Å². The van der Waals surface area contributed by atoms with E-state index >= 15 is 0 Å². The number of nitrogens with one attached hydrogen (secondary N) is 1. The molecule has 2 aliphatic heterocycles. The third-order valence-electron chi connectivity index (χ3n) is 5.65. The maximum absolute atomic E-state index is 12.2. The molecule has 0 bridgehead atoms. The molecule has 0 spiro atoms. The summed E-state index contributed by atoms with van der Waals surface area (Å²) in [6.45, 7) is 3.84. The number of carbonyl (C=O) groups is 1. The summed E-state index contributed by atoms with van der Waals surface area (Å²) in [6, 6.07) is 4.65. The van der Waals surface area contributed by atoms with E-state index in [4.69, 9.17) is 0 Å². The fraction of sp³-hybridized carbons (Fsp3) is 0.684. The summed E-state index contributed by atoms with van der Waals surface area (Å²) in [6.07, 6.45) is 8.00. The molecule has 1 aromatic rings. The van der Waals surface area contributed by atoms with Crippen molar-refractivity contribution in [1.29, 1.82) is 0 Å². The lowest BCUT2D eigenvalue weighted by atomic mass is 9.99. The number of likely N-dealkylation sites (tertiary alicyclic amines) is 1. The van der Waals surface area contributed by atoms with Gasteiger partial charge in [-0.15, -0.1) is 0 Å². The van der Waals surface area contributed by atoms with Crippen LogP contribution >= 0.6 is 0 Å². The van der Waals surface area contributed by atoms with Gasteiger partial charge in [-0.05, 0) is 57.2 Å². The van der Waals surface area contributed by atoms with E-state index in [9.17, 15) is 9.90 Å². The third-order valence-corrected chi connectivity index (χ3v) is 5.65. The van der Waals surface area contributed by atoms with Crippen LogP contribution in [0.25, 0.3) is 0 Å². The number of carbonyl (C=O) groups excluding carboxylic acids is 1. The van der Waals surface area contributed by atoms with Crippen LogP contribution in [0.2, 0.25) is 0 Å². The van der Waals surface area contributed by atoms with Crippen molar-refractivity contribution in [3.63, 3.8) is 0 Å². The molecular weight excluding hydrogens is 316 g/mol. The molecule has 2 saturated heterocycles. The number of hydrogen-bond donors (Lipinski definition) is 2. The van der Waals surface area contributed by atoms with Gasteiger partial charge in [0.1, 0.15) is 5.82 Å². The van der Waals surface area contributed by atoms with Crippen molar-refractivity contribution in [2.45, 2.75) is 56.7 Å². The lowest BCUT2D eigenvalue weighted by Gasteiger charge is -2.41. The fourth-order valence-electron chi connectivity index (χ4n) is 4.00. The second-order valence-corrected chi connectivity index (χ2v) is 7.66. The smallest absolute Gasteiger partial charge is 0.251 e. The first-order valence-electron chi connectivity index (χ1n) is 9.63. The van der Waals surface area contributed by atoms with Crippen LogP contribution in [-0.2, 0) is 0 Å². The molecule has 1 atom stereocenters. The number of rotatable bonds is 4. The summed E-state index contributed by atoms with van der Waals surface area (Å²) in [7, 11) is 0. The first-order chi connectivity index (χ1) is 12.2. The first kappa shape index (κ1) is 16.8. The van der Waals surface area contributed by atoms with Crippen molar-refractivity contribution >= 4 is 11.7 Å². The molecule has 4 rings (SSSR count). The second kappa shape index (κ2) is 7.30. The minimum Gasteiger partial charge on any atom is -0.392 e. The molecule has 0 radical (unpaired) electrons. The molecule has 136 valence electrons. The number of piperidine rings is 2. The van der Waals surface area contributed by atoms with Crippen LogP contribution in [0.1, 0.15) is 48.9 Å². The maximum Gasteiger partial charge on any atom is 0.251 e. The molecule has 1 amide bonds. The molecule has 1 aliphatic carbocycles. The molecule has 6 heteroatoms. The van der Waals surface area contributed by atoms with Gasteiger partial charge in [-0.1, -0.05) is 0 Å². The molecule has 3 aliphatic rings. The Labute approximate surface area is 149 Å². The lowest BCUT2D eigenvalue weighted by Crippen LogP contribution is -2.49. The number of nitrogens with zero attached hydrogens (tertiary/aromatic N) is 3. The van der Waals surface area contributed by atoms with Crippen LogP contribution in [0.3, 0.4) is 0 Å². The summed E-state index contributed by atoms with van der Waals surface area (Å²) in [4.78, 5) is 21.5. The highest BCUT2D eigenvalue weighted by Gasteiger charge is 2.29. The van der Waals surface area contributed by atoms with Gasteiger partial charge >= 0.3 is 0 Å². The van der Waals surface area contributed by atoms with Crippen LogP contribution in [0, 0.1) is 0 Å². The van der Waals surface area contributed by atoms with Crippen molar-refractivity contribution in [3.8, 4) is 0 Å². The normalized spacial score (nSPS) is 25.8. The van der Waals surface area contributed by atoms with Crippen LogP contribution in [-0.4, -0.2) is 65.3 Å². The number of hydrogen-bond acceptors (Lipinski definition) is 5. The van der Waals surface area contributed by atoms with Crippen LogP contribution < -0.4 is 10.2 Å². The molecule has 0 aromatic carbocycles. The highest BCUT2D eigenvalue weighted by molar-refractivity contribution is 5.95. The minimum atomic E-state index is -0.157. The van der Waals surface area contributed by atoms with E-state index in [0.29, 0.717) is 17.6 Å². The van der Waals surface area contributed by atoms with Gasteiger partial charge in [-0.2, -0.15) is 0 Å². The molecule has 25 heavy (non-hydrogen) atoms. The van der Waals surface area contributed by atoms with Gasteiger partial charge in [-0.25, -0.2) is 4.98 Å². The standard InChI is InChI=1S/C19H28N4O2/c24-17-2-1-9-23(13-17)16-6-10-22(11-7-16)18-12-14(5-8-20-18)19(25)21-15-3-4-15/h5,8,12,15-17,24H,1-4,6-7,9-11,13H2,(H,21,25). The monoisotopic (exact) mass is 344 g/mol.